The third-order valence-corrected chi connectivity index (χ3v) is 3.03. The van der Waals surface area contributed by atoms with Crippen molar-refractivity contribution in [2.45, 2.75) is 26.2 Å². The van der Waals surface area contributed by atoms with Crippen molar-refractivity contribution >= 4 is 5.91 Å². The lowest BCUT2D eigenvalue weighted by atomic mass is 9.79. The van der Waals surface area contributed by atoms with Gasteiger partial charge in [0.2, 0.25) is 5.91 Å². The normalized spacial score (nSPS) is 18.4. The van der Waals surface area contributed by atoms with Crippen LogP contribution in [0.3, 0.4) is 0 Å². The maximum Gasteiger partial charge on any atom is 0.227 e. The number of hydrogen-bond acceptors (Lipinski definition) is 3. The zero-order chi connectivity index (χ0) is 11.9. The van der Waals surface area contributed by atoms with Gasteiger partial charge in [0.05, 0.1) is 5.41 Å². The fraction of sp³-hybridized carbons (Fsp3) is 0.750. The van der Waals surface area contributed by atoms with Gasteiger partial charge in [-0.15, -0.1) is 11.8 Å². The monoisotopic (exact) mass is 224 g/mol. The van der Waals surface area contributed by atoms with Crippen molar-refractivity contribution in [1.82, 2.24) is 5.32 Å². The number of amides is 1. The molecule has 1 saturated heterocycles. The smallest absolute Gasteiger partial charge is 0.227 e. The summed E-state index contributed by atoms with van der Waals surface area (Å²) in [5.41, 5.74) is 5.31. The lowest BCUT2D eigenvalue weighted by Gasteiger charge is -2.34. The molecule has 0 aromatic heterocycles. The molecule has 3 N–H and O–H groups in total. The Labute approximate surface area is 96.9 Å². The van der Waals surface area contributed by atoms with E-state index >= 15 is 0 Å². The van der Waals surface area contributed by atoms with Gasteiger partial charge in [-0.05, 0) is 19.8 Å². The molecule has 0 aromatic rings. The van der Waals surface area contributed by atoms with Crippen LogP contribution in [0, 0.1) is 17.3 Å². The molecule has 4 nitrogen and oxygen atoms in total. The van der Waals surface area contributed by atoms with Crippen molar-refractivity contribution in [2.24, 2.45) is 11.1 Å². The van der Waals surface area contributed by atoms with Crippen LogP contribution in [0.5, 0.6) is 0 Å². The Kier molecular flexibility index (Phi) is 5.30. The van der Waals surface area contributed by atoms with Crippen molar-refractivity contribution in [3.8, 4) is 11.8 Å². The van der Waals surface area contributed by atoms with E-state index in [1.54, 1.807) is 6.92 Å². The van der Waals surface area contributed by atoms with Crippen LogP contribution >= 0.6 is 0 Å². The second-order valence-corrected chi connectivity index (χ2v) is 4.03. The molecular formula is C12H20N2O2. The van der Waals surface area contributed by atoms with Crippen LogP contribution in [0.2, 0.25) is 0 Å². The van der Waals surface area contributed by atoms with E-state index in [1.165, 1.54) is 0 Å². The summed E-state index contributed by atoms with van der Waals surface area (Å²) in [5, 5.41) is 2.90. The fourth-order valence-electron chi connectivity index (χ4n) is 1.84. The van der Waals surface area contributed by atoms with E-state index in [4.69, 9.17) is 10.5 Å². The van der Waals surface area contributed by atoms with Crippen LogP contribution in [0.4, 0.5) is 0 Å². The highest BCUT2D eigenvalue weighted by Gasteiger charge is 2.38. The molecule has 1 amide bonds. The van der Waals surface area contributed by atoms with E-state index in [9.17, 15) is 4.79 Å². The van der Waals surface area contributed by atoms with Gasteiger partial charge in [0.1, 0.15) is 0 Å². The molecular weight excluding hydrogens is 204 g/mol. The number of nitrogens with one attached hydrogen (secondary N) is 1. The minimum absolute atomic E-state index is 0.0520. The van der Waals surface area contributed by atoms with E-state index in [2.05, 4.69) is 17.2 Å². The average molecular weight is 224 g/mol. The topological polar surface area (TPSA) is 64.4 Å². The predicted molar refractivity (Wildman–Crippen MR) is 62.6 cm³/mol. The molecule has 4 heteroatoms. The molecule has 0 unspecified atom stereocenters. The van der Waals surface area contributed by atoms with Crippen molar-refractivity contribution in [3.63, 3.8) is 0 Å². The maximum atomic E-state index is 12.0. The Morgan fingerprint density at radius 2 is 2.19 bits per heavy atom. The SMILES string of the molecule is CC#CCCNC(=O)C1(CN)CCOCC1. The highest BCUT2D eigenvalue weighted by molar-refractivity contribution is 5.83. The predicted octanol–water partition coefficient (Wildman–Crippen LogP) is 0.272. The van der Waals surface area contributed by atoms with Gasteiger partial charge in [-0.3, -0.25) is 4.79 Å². The number of hydrogen-bond donors (Lipinski definition) is 2. The minimum Gasteiger partial charge on any atom is -0.381 e. The van der Waals surface area contributed by atoms with Gasteiger partial charge in [0, 0.05) is 32.7 Å². The first kappa shape index (κ1) is 13.0. The Morgan fingerprint density at radius 3 is 2.75 bits per heavy atom. The molecule has 1 heterocycles. The maximum absolute atomic E-state index is 12.0. The molecule has 0 aromatic carbocycles. The Bertz CT molecular complexity index is 285. The first-order valence-corrected chi connectivity index (χ1v) is 5.71. The quantitative estimate of drug-likeness (QED) is 0.532. The molecule has 0 bridgehead atoms. The first-order chi connectivity index (χ1) is 7.75. The minimum atomic E-state index is -0.419. The van der Waals surface area contributed by atoms with Gasteiger partial charge in [0.15, 0.2) is 0 Å². The molecule has 0 saturated carbocycles. The van der Waals surface area contributed by atoms with Crippen LogP contribution in [0.1, 0.15) is 26.2 Å². The van der Waals surface area contributed by atoms with Crippen LogP contribution in [-0.4, -0.2) is 32.2 Å². The van der Waals surface area contributed by atoms with Gasteiger partial charge in [-0.25, -0.2) is 0 Å². The van der Waals surface area contributed by atoms with Gasteiger partial charge in [-0.1, -0.05) is 0 Å². The molecule has 0 radical (unpaired) electrons. The molecule has 0 aliphatic carbocycles. The molecule has 1 rings (SSSR count). The standard InChI is InChI=1S/C12H20N2O2/c1-2-3-4-7-14-11(15)12(10-13)5-8-16-9-6-12/h4-10,13H2,1H3,(H,14,15). The highest BCUT2D eigenvalue weighted by Crippen LogP contribution is 2.29. The number of carbonyl (C=O) groups excluding carboxylic acids is 1. The van der Waals surface area contributed by atoms with Gasteiger partial charge in [-0.2, -0.15) is 0 Å². The van der Waals surface area contributed by atoms with E-state index in [0.29, 0.717) is 32.7 Å². The van der Waals surface area contributed by atoms with E-state index in [0.717, 1.165) is 12.8 Å². The highest BCUT2D eigenvalue weighted by atomic mass is 16.5. The van der Waals surface area contributed by atoms with Crippen molar-refractivity contribution in [3.05, 3.63) is 0 Å². The second kappa shape index (κ2) is 6.51. The van der Waals surface area contributed by atoms with Crippen LogP contribution < -0.4 is 11.1 Å². The third-order valence-electron chi connectivity index (χ3n) is 3.03. The Balaban J connectivity index is 2.44. The molecule has 1 aliphatic heterocycles. The molecule has 1 fully saturated rings. The Morgan fingerprint density at radius 1 is 1.50 bits per heavy atom. The summed E-state index contributed by atoms with van der Waals surface area (Å²) in [7, 11) is 0. The number of rotatable bonds is 4. The third kappa shape index (κ3) is 3.22. The van der Waals surface area contributed by atoms with Gasteiger partial charge < -0.3 is 15.8 Å². The second-order valence-electron chi connectivity index (χ2n) is 4.03. The fourth-order valence-corrected chi connectivity index (χ4v) is 1.84. The van der Waals surface area contributed by atoms with E-state index < -0.39 is 5.41 Å². The summed E-state index contributed by atoms with van der Waals surface area (Å²) < 4.78 is 5.26. The molecule has 16 heavy (non-hydrogen) atoms. The molecule has 0 spiro atoms. The van der Waals surface area contributed by atoms with E-state index in [-0.39, 0.29) is 5.91 Å². The number of carbonyl (C=O) groups is 1. The molecule has 90 valence electrons. The van der Waals surface area contributed by atoms with Gasteiger partial charge in [0.25, 0.3) is 0 Å². The summed E-state index contributed by atoms with van der Waals surface area (Å²) in [4.78, 5) is 12.0. The lowest BCUT2D eigenvalue weighted by Crippen LogP contribution is -2.49. The summed E-state index contributed by atoms with van der Waals surface area (Å²) in [6, 6.07) is 0. The Hall–Kier alpha value is -1.05. The van der Waals surface area contributed by atoms with Crippen LogP contribution in [0.25, 0.3) is 0 Å². The summed E-state index contributed by atoms with van der Waals surface area (Å²) >= 11 is 0. The molecule has 0 atom stereocenters. The van der Waals surface area contributed by atoms with Crippen molar-refractivity contribution in [1.29, 1.82) is 0 Å². The number of ether oxygens (including phenoxy) is 1. The average Bonchev–Trinajstić information content (AvgIpc) is 2.35. The van der Waals surface area contributed by atoms with Gasteiger partial charge >= 0.3 is 0 Å². The van der Waals surface area contributed by atoms with E-state index in [1.807, 2.05) is 0 Å². The van der Waals surface area contributed by atoms with Crippen molar-refractivity contribution in [2.75, 3.05) is 26.3 Å². The van der Waals surface area contributed by atoms with Crippen LogP contribution in [0.15, 0.2) is 0 Å². The largest absolute Gasteiger partial charge is 0.381 e. The first-order valence-electron chi connectivity index (χ1n) is 5.71. The summed E-state index contributed by atoms with van der Waals surface area (Å²) in [5.74, 6) is 5.77. The number of nitrogens with two attached hydrogens (primary N) is 1. The zero-order valence-electron chi connectivity index (χ0n) is 9.84. The van der Waals surface area contributed by atoms with Crippen molar-refractivity contribution < 1.29 is 9.53 Å². The zero-order valence-corrected chi connectivity index (χ0v) is 9.84. The molecule has 1 aliphatic rings. The van der Waals surface area contributed by atoms with Crippen LogP contribution in [-0.2, 0) is 9.53 Å². The summed E-state index contributed by atoms with van der Waals surface area (Å²) in [6.07, 6.45) is 2.13. The lowest BCUT2D eigenvalue weighted by molar-refractivity contribution is -0.135. The summed E-state index contributed by atoms with van der Waals surface area (Å²) in [6.45, 7) is 4.03.